The average Bonchev–Trinajstić information content (AvgIpc) is 2.77. The first-order valence-electron chi connectivity index (χ1n) is 6.47. The van der Waals surface area contributed by atoms with Gasteiger partial charge < -0.3 is 10.4 Å². The van der Waals surface area contributed by atoms with Gasteiger partial charge in [-0.3, -0.25) is 14.0 Å². The summed E-state index contributed by atoms with van der Waals surface area (Å²) in [5.74, 6) is -0.483. The van der Waals surface area contributed by atoms with E-state index in [0.717, 1.165) is 12.1 Å². The number of rotatable bonds is 3. The summed E-state index contributed by atoms with van der Waals surface area (Å²) in [5, 5.41) is 14.4. The molecule has 0 atom stereocenters. The number of nitrogens with zero attached hydrogens (tertiary/aromatic N) is 2. The van der Waals surface area contributed by atoms with Crippen LogP contribution in [-0.2, 0) is 0 Å². The Morgan fingerprint density at radius 2 is 2.35 bits per heavy atom. The summed E-state index contributed by atoms with van der Waals surface area (Å²) in [5.41, 5.74) is -0.407. The van der Waals surface area contributed by atoms with E-state index in [2.05, 4.69) is 10.3 Å². The average molecular weight is 293 g/mol. The first-order chi connectivity index (χ1) is 9.50. The van der Waals surface area contributed by atoms with Gasteiger partial charge in [-0.05, 0) is 26.2 Å². The highest BCUT2D eigenvalue weighted by Gasteiger charge is 2.34. The molecule has 106 valence electrons. The number of hydrogen-bond donors (Lipinski definition) is 2. The number of fused-ring (bicyclic) bond motifs is 1. The first-order valence-corrected chi connectivity index (χ1v) is 7.35. The van der Waals surface area contributed by atoms with Gasteiger partial charge in [0.1, 0.15) is 5.56 Å². The molecule has 7 heteroatoms. The molecule has 0 saturated heterocycles. The van der Waals surface area contributed by atoms with Crippen LogP contribution < -0.4 is 10.9 Å². The minimum atomic E-state index is -0.804. The number of aliphatic hydroxyl groups is 1. The number of amides is 1. The van der Waals surface area contributed by atoms with Crippen molar-refractivity contribution in [3.05, 3.63) is 33.2 Å². The third kappa shape index (κ3) is 2.12. The van der Waals surface area contributed by atoms with Gasteiger partial charge in [0.05, 0.1) is 5.60 Å². The van der Waals surface area contributed by atoms with E-state index in [-0.39, 0.29) is 17.7 Å². The van der Waals surface area contributed by atoms with Gasteiger partial charge in [0.25, 0.3) is 11.5 Å². The van der Waals surface area contributed by atoms with Gasteiger partial charge in [0.2, 0.25) is 0 Å². The van der Waals surface area contributed by atoms with Gasteiger partial charge in [-0.15, -0.1) is 11.3 Å². The summed E-state index contributed by atoms with van der Waals surface area (Å²) in [6.07, 6.45) is 3.64. The van der Waals surface area contributed by atoms with E-state index < -0.39 is 11.5 Å². The normalized spacial score (nSPS) is 16.9. The number of hydrogen-bond acceptors (Lipinski definition) is 5. The van der Waals surface area contributed by atoms with Crippen LogP contribution in [0.15, 0.2) is 16.4 Å². The van der Waals surface area contributed by atoms with E-state index in [1.165, 1.54) is 21.9 Å². The Morgan fingerprint density at radius 3 is 3.00 bits per heavy atom. The van der Waals surface area contributed by atoms with Crippen molar-refractivity contribution in [2.24, 2.45) is 0 Å². The Balaban J connectivity index is 1.86. The number of carbonyl (C=O) groups excluding carboxylic acids is 1. The van der Waals surface area contributed by atoms with Crippen LogP contribution in [0.3, 0.4) is 0 Å². The van der Waals surface area contributed by atoms with Crippen LogP contribution in [0.1, 0.15) is 35.3 Å². The summed E-state index contributed by atoms with van der Waals surface area (Å²) >= 11 is 1.36. The van der Waals surface area contributed by atoms with E-state index in [1.807, 2.05) is 5.38 Å². The van der Waals surface area contributed by atoms with Crippen molar-refractivity contribution in [3.63, 3.8) is 0 Å². The van der Waals surface area contributed by atoms with Crippen LogP contribution in [0.2, 0.25) is 0 Å². The molecule has 3 rings (SSSR count). The lowest BCUT2D eigenvalue weighted by atomic mass is 9.80. The minimum Gasteiger partial charge on any atom is -0.388 e. The molecule has 0 unspecified atom stereocenters. The molecule has 0 radical (unpaired) electrons. The first kappa shape index (κ1) is 13.3. The van der Waals surface area contributed by atoms with Crippen LogP contribution in [0.5, 0.6) is 0 Å². The minimum absolute atomic E-state index is 0.00641. The molecule has 2 aromatic rings. The smallest absolute Gasteiger partial charge is 0.271 e. The highest BCUT2D eigenvalue weighted by molar-refractivity contribution is 7.15. The van der Waals surface area contributed by atoms with Crippen LogP contribution in [0, 0.1) is 6.92 Å². The third-order valence-electron chi connectivity index (χ3n) is 3.72. The second kappa shape index (κ2) is 4.68. The van der Waals surface area contributed by atoms with Gasteiger partial charge >= 0.3 is 0 Å². The molecule has 2 aromatic heterocycles. The number of carbonyl (C=O) groups is 1. The Bertz CT molecular complexity index is 730. The van der Waals surface area contributed by atoms with E-state index in [4.69, 9.17) is 0 Å². The fourth-order valence-corrected chi connectivity index (χ4v) is 3.11. The second-order valence-corrected chi connectivity index (χ2v) is 6.07. The summed E-state index contributed by atoms with van der Waals surface area (Å²) < 4.78 is 1.43. The van der Waals surface area contributed by atoms with Crippen molar-refractivity contribution < 1.29 is 9.90 Å². The van der Waals surface area contributed by atoms with Gasteiger partial charge in [-0.1, -0.05) is 0 Å². The van der Waals surface area contributed by atoms with E-state index in [1.54, 1.807) is 6.92 Å². The SMILES string of the molecule is Cc1csc2ncc(C(=O)NCC3(O)CCC3)c(=O)n12. The molecule has 1 aliphatic carbocycles. The molecule has 2 heterocycles. The van der Waals surface area contributed by atoms with Gasteiger partial charge in [-0.2, -0.15) is 0 Å². The standard InChI is InChI=1S/C13H15N3O3S/c1-8-6-20-12-14-5-9(11(18)16(8)12)10(17)15-7-13(19)3-2-4-13/h5-6,19H,2-4,7H2,1H3,(H,15,17). The van der Waals surface area contributed by atoms with Crippen molar-refractivity contribution in [2.75, 3.05) is 6.54 Å². The lowest BCUT2D eigenvalue weighted by molar-refractivity contribution is -0.0300. The summed E-state index contributed by atoms with van der Waals surface area (Å²) in [6.45, 7) is 1.97. The Labute approximate surface area is 119 Å². The van der Waals surface area contributed by atoms with Crippen LogP contribution in [-0.4, -0.2) is 32.5 Å². The number of aromatic nitrogens is 2. The molecular formula is C13H15N3O3S. The molecule has 0 aromatic carbocycles. The van der Waals surface area contributed by atoms with Crippen molar-refractivity contribution in [1.29, 1.82) is 0 Å². The summed E-state index contributed by atoms with van der Waals surface area (Å²) in [6, 6.07) is 0. The van der Waals surface area contributed by atoms with Gasteiger partial charge in [0.15, 0.2) is 4.96 Å². The van der Waals surface area contributed by atoms with Crippen LogP contribution >= 0.6 is 11.3 Å². The lowest BCUT2D eigenvalue weighted by Gasteiger charge is -2.36. The lowest BCUT2D eigenvalue weighted by Crippen LogP contribution is -2.48. The highest BCUT2D eigenvalue weighted by Crippen LogP contribution is 2.30. The molecule has 0 aliphatic heterocycles. The second-order valence-electron chi connectivity index (χ2n) is 5.23. The molecule has 0 spiro atoms. The molecule has 0 bridgehead atoms. The third-order valence-corrected chi connectivity index (χ3v) is 4.68. The van der Waals surface area contributed by atoms with Crippen molar-refractivity contribution in [2.45, 2.75) is 31.8 Å². The van der Waals surface area contributed by atoms with Crippen LogP contribution in [0.25, 0.3) is 4.96 Å². The number of thiazole rings is 1. The zero-order valence-corrected chi connectivity index (χ0v) is 11.9. The summed E-state index contributed by atoms with van der Waals surface area (Å²) in [4.78, 5) is 29.0. The maximum Gasteiger partial charge on any atom is 0.271 e. The van der Waals surface area contributed by atoms with E-state index in [0.29, 0.717) is 17.8 Å². The molecule has 2 N–H and O–H groups in total. The molecule has 1 aliphatic rings. The molecule has 1 saturated carbocycles. The predicted octanol–water partition coefficient (Wildman–Crippen LogP) is 0.709. The zero-order chi connectivity index (χ0) is 14.3. The Morgan fingerprint density at radius 1 is 1.60 bits per heavy atom. The van der Waals surface area contributed by atoms with E-state index in [9.17, 15) is 14.7 Å². The maximum absolute atomic E-state index is 12.3. The highest BCUT2D eigenvalue weighted by atomic mass is 32.1. The van der Waals surface area contributed by atoms with Crippen molar-refractivity contribution in [3.8, 4) is 0 Å². The molecule has 1 amide bonds. The number of aryl methyl sites for hydroxylation is 1. The Hall–Kier alpha value is -1.73. The van der Waals surface area contributed by atoms with Crippen LogP contribution in [0.4, 0.5) is 0 Å². The molecular weight excluding hydrogens is 278 g/mol. The quantitative estimate of drug-likeness (QED) is 0.873. The topological polar surface area (TPSA) is 83.7 Å². The van der Waals surface area contributed by atoms with Crippen molar-refractivity contribution in [1.82, 2.24) is 14.7 Å². The summed E-state index contributed by atoms with van der Waals surface area (Å²) in [7, 11) is 0. The fraction of sp³-hybridized carbons (Fsp3) is 0.462. The van der Waals surface area contributed by atoms with Gasteiger partial charge in [-0.25, -0.2) is 4.98 Å². The predicted molar refractivity (Wildman–Crippen MR) is 75.2 cm³/mol. The van der Waals surface area contributed by atoms with E-state index >= 15 is 0 Å². The molecule has 1 fully saturated rings. The largest absolute Gasteiger partial charge is 0.388 e. The maximum atomic E-state index is 12.3. The molecule has 20 heavy (non-hydrogen) atoms. The number of nitrogens with one attached hydrogen (secondary N) is 1. The zero-order valence-electron chi connectivity index (χ0n) is 11.0. The Kier molecular flexibility index (Phi) is 3.10. The van der Waals surface area contributed by atoms with Gasteiger partial charge in [0, 0.05) is 23.8 Å². The monoisotopic (exact) mass is 293 g/mol. The molecule has 6 nitrogen and oxygen atoms in total. The van der Waals surface area contributed by atoms with Crippen molar-refractivity contribution >= 4 is 22.2 Å². The fourth-order valence-electron chi connectivity index (χ4n) is 2.28.